The van der Waals surface area contributed by atoms with E-state index in [2.05, 4.69) is 96.9 Å². The van der Waals surface area contributed by atoms with Crippen LogP contribution >= 0.6 is 0 Å². The molecule has 1 aliphatic heterocycles. The number of allylic oxidation sites excluding steroid dienone is 8. The Morgan fingerprint density at radius 1 is 0.582 bits per heavy atom. The van der Waals surface area contributed by atoms with Gasteiger partial charge in [0.25, 0.3) is 0 Å². The highest BCUT2D eigenvalue weighted by Gasteiger charge is 2.13. The van der Waals surface area contributed by atoms with Crippen LogP contribution in [0.2, 0.25) is 0 Å². The van der Waals surface area contributed by atoms with Gasteiger partial charge in [0, 0.05) is 32.8 Å². The molecule has 2 rings (SSSR count). The lowest BCUT2D eigenvalue weighted by Gasteiger charge is -2.19. The minimum atomic E-state index is 0.107. The van der Waals surface area contributed by atoms with Crippen molar-refractivity contribution in [2.75, 3.05) is 39.5 Å². The molecular weight excluding hydrogens is 673 g/mol. The van der Waals surface area contributed by atoms with Gasteiger partial charge in [0.05, 0.1) is 12.7 Å². The third-order valence-electron chi connectivity index (χ3n) is 10.8. The van der Waals surface area contributed by atoms with Crippen molar-refractivity contribution in [2.24, 2.45) is 0 Å². The molecule has 1 aromatic rings. The Bertz CT molecular complexity index is 1070. The number of ether oxygens (including phenoxy) is 2. The molecule has 1 aliphatic rings. The molecule has 1 atom stereocenters. The molecule has 1 N–H and O–H groups in total. The molecule has 4 nitrogen and oxygen atoms in total. The minimum Gasteiger partial charge on any atom is -0.379 e. The molecule has 4 heteroatoms. The predicted octanol–water partition coefficient (Wildman–Crippen LogP) is 14.4. The zero-order valence-electron chi connectivity index (χ0n) is 36.3. The summed E-state index contributed by atoms with van der Waals surface area (Å²) >= 11 is 0. The smallest absolute Gasteiger partial charge is 0.0932 e. The van der Waals surface area contributed by atoms with Crippen molar-refractivity contribution in [1.82, 2.24) is 10.2 Å². The second-order valence-electron chi connectivity index (χ2n) is 16.2. The van der Waals surface area contributed by atoms with Gasteiger partial charge in [0.15, 0.2) is 0 Å². The predicted molar refractivity (Wildman–Crippen MR) is 242 cm³/mol. The molecule has 314 valence electrons. The van der Waals surface area contributed by atoms with E-state index in [1.54, 1.807) is 0 Å². The maximum atomic E-state index is 6.43. The Balaban J connectivity index is 1.56. The van der Waals surface area contributed by atoms with Crippen LogP contribution in [0.3, 0.4) is 0 Å². The summed E-state index contributed by atoms with van der Waals surface area (Å²) in [6.07, 6.45) is 52.1. The summed E-state index contributed by atoms with van der Waals surface area (Å²) < 4.78 is 12.6. The van der Waals surface area contributed by atoms with Crippen LogP contribution in [-0.2, 0) is 22.6 Å². The molecule has 0 amide bonds. The van der Waals surface area contributed by atoms with E-state index in [-0.39, 0.29) is 6.10 Å². The summed E-state index contributed by atoms with van der Waals surface area (Å²) in [5, 5.41) is 3.70. The molecule has 1 aromatic carbocycles. The molecule has 1 saturated heterocycles. The Hall–Kier alpha value is -1.98. The van der Waals surface area contributed by atoms with Gasteiger partial charge < -0.3 is 14.8 Å². The zero-order chi connectivity index (χ0) is 39.0. The Morgan fingerprint density at radius 2 is 1.07 bits per heavy atom. The monoisotopic (exact) mass is 761 g/mol. The van der Waals surface area contributed by atoms with Gasteiger partial charge in [-0.25, -0.2) is 0 Å². The molecule has 0 bridgehead atoms. The molecule has 1 unspecified atom stereocenters. The van der Waals surface area contributed by atoms with E-state index >= 15 is 0 Å². The quantitative estimate of drug-likeness (QED) is 0.0535. The number of hydrogen-bond donors (Lipinski definition) is 1. The molecular formula is C51H88N2O2. The topological polar surface area (TPSA) is 33.7 Å². The number of likely N-dealkylation sites (tertiary alicyclic amines) is 1. The molecule has 55 heavy (non-hydrogen) atoms. The minimum absolute atomic E-state index is 0.107. The summed E-state index contributed by atoms with van der Waals surface area (Å²) in [7, 11) is 0. The van der Waals surface area contributed by atoms with Gasteiger partial charge in [0.2, 0.25) is 0 Å². The highest BCUT2D eigenvalue weighted by molar-refractivity contribution is 5.23. The van der Waals surface area contributed by atoms with E-state index < -0.39 is 0 Å². The molecule has 1 heterocycles. The lowest BCUT2D eigenvalue weighted by molar-refractivity contribution is -0.0177. The van der Waals surface area contributed by atoms with Crippen molar-refractivity contribution >= 4 is 0 Å². The maximum absolute atomic E-state index is 6.43. The summed E-state index contributed by atoms with van der Waals surface area (Å²) in [5.41, 5.74) is 2.80. The lowest BCUT2D eigenvalue weighted by atomic mass is 10.1. The Kier molecular flexibility index (Phi) is 34.8. The third-order valence-corrected chi connectivity index (χ3v) is 10.8. The number of hydrogen-bond acceptors (Lipinski definition) is 4. The van der Waals surface area contributed by atoms with Crippen LogP contribution in [0.5, 0.6) is 0 Å². The van der Waals surface area contributed by atoms with Crippen molar-refractivity contribution in [3.63, 3.8) is 0 Å². The SMILES string of the molecule is CCCCC/C=C\C/C=C\CCCCCCCCOCC(CNCc1cccc(CN2CCCC2)c1)OCCCCCCCC/C=C\C/C=C\CCCCC. The third kappa shape index (κ3) is 31.8. The normalized spacial score (nSPS) is 14.6. The number of nitrogens with zero attached hydrogens (tertiary/aromatic N) is 1. The van der Waals surface area contributed by atoms with E-state index in [1.165, 1.54) is 165 Å². The number of unbranched alkanes of at least 4 members (excludes halogenated alkanes) is 18. The van der Waals surface area contributed by atoms with Crippen molar-refractivity contribution in [2.45, 2.75) is 200 Å². The molecule has 0 radical (unpaired) electrons. The van der Waals surface area contributed by atoms with Gasteiger partial charge in [-0.05, 0) is 114 Å². The van der Waals surface area contributed by atoms with Crippen LogP contribution < -0.4 is 5.32 Å². The van der Waals surface area contributed by atoms with Gasteiger partial charge in [-0.1, -0.05) is 164 Å². The summed E-state index contributed by atoms with van der Waals surface area (Å²) in [6.45, 7) is 12.2. The standard InChI is InChI=1S/C51H88N2O2/c1-3-5-7-9-11-13-15-17-19-21-23-25-27-29-31-35-42-54-48-51(46-52-45-49-38-37-39-50(44-49)47-53-40-33-34-41-53)55-43-36-32-30-28-26-24-22-20-18-16-14-12-10-8-6-4-2/h11-14,17-20,37-39,44,51-52H,3-10,15-16,21-36,40-43,45-48H2,1-2H3/b13-11-,14-12-,19-17-,20-18-. The molecule has 0 spiro atoms. The molecule has 0 saturated carbocycles. The maximum Gasteiger partial charge on any atom is 0.0932 e. The average Bonchev–Trinajstić information content (AvgIpc) is 3.71. The largest absolute Gasteiger partial charge is 0.379 e. The van der Waals surface area contributed by atoms with Crippen LogP contribution in [0.15, 0.2) is 72.9 Å². The van der Waals surface area contributed by atoms with Crippen LogP contribution in [0.4, 0.5) is 0 Å². The number of rotatable bonds is 39. The van der Waals surface area contributed by atoms with Crippen molar-refractivity contribution in [3.05, 3.63) is 84.0 Å². The van der Waals surface area contributed by atoms with Gasteiger partial charge in [0.1, 0.15) is 0 Å². The van der Waals surface area contributed by atoms with E-state index in [0.717, 1.165) is 58.5 Å². The van der Waals surface area contributed by atoms with Crippen LogP contribution in [-0.4, -0.2) is 50.5 Å². The van der Waals surface area contributed by atoms with Crippen LogP contribution in [0.1, 0.15) is 192 Å². The van der Waals surface area contributed by atoms with E-state index in [0.29, 0.717) is 6.61 Å². The summed E-state index contributed by atoms with van der Waals surface area (Å²) in [5.74, 6) is 0. The Morgan fingerprint density at radius 3 is 1.64 bits per heavy atom. The zero-order valence-corrected chi connectivity index (χ0v) is 36.3. The van der Waals surface area contributed by atoms with Gasteiger partial charge in [-0.2, -0.15) is 0 Å². The fourth-order valence-corrected chi connectivity index (χ4v) is 7.33. The highest BCUT2D eigenvalue weighted by Crippen LogP contribution is 2.15. The first-order valence-electron chi connectivity index (χ1n) is 23.6. The second kappa shape index (κ2) is 38.9. The average molecular weight is 761 g/mol. The summed E-state index contributed by atoms with van der Waals surface area (Å²) in [6, 6.07) is 9.14. The van der Waals surface area contributed by atoms with E-state index in [9.17, 15) is 0 Å². The van der Waals surface area contributed by atoms with Gasteiger partial charge in [-0.3, -0.25) is 4.90 Å². The highest BCUT2D eigenvalue weighted by atomic mass is 16.5. The molecule has 0 aromatic heterocycles. The summed E-state index contributed by atoms with van der Waals surface area (Å²) in [4.78, 5) is 2.58. The second-order valence-corrected chi connectivity index (χ2v) is 16.2. The molecule has 0 aliphatic carbocycles. The first-order chi connectivity index (χ1) is 27.3. The molecule has 1 fully saturated rings. The van der Waals surface area contributed by atoms with Gasteiger partial charge >= 0.3 is 0 Å². The number of nitrogens with one attached hydrogen (secondary N) is 1. The van der Waals surface area contributed by atoms with Crippen LogP contribution in [0.25, 0.3) is 0 Å². The van der Waals surface area contributed by atoms with Crippen molar-refractivity contribution in [3.8, 4) is 0 Å². The van der Waals surface area contributed by atoms with E-state index in [1.807, 2.05) is 0 Å². The van der Waals surface area contributed by atoms with Crippen molar-refractivity contribution < 1.29 is 9.47 Å². The van der Waals surface area contributed by atoms with Gasteiger partial charge in [-0.15, -0.1) is 0 Å². The Labute approximate surface area is 342 Å². The first-order valence-corrected chi connectivity index (χ1v) is 23.6. The fourth-order valence-electron chi connectivity index (χ4n) is 7.33. The fraction of sp³-hybridized carbons (Fsp3) is 0.725. The first kappa shape index (κ1) is 49.2. The van der Waals surface area contributed by atoms with Crippen LogP contribution in [0, 0.1) is 0 Å². The van der Waals surface area contributed by atoms with E-state index in [4.69, 9.17) is 9.47 Å². The number of benzene rings is 1. The lowest BCUT2D eigenvalue weighted by Crippen LogP contribution is -2.33. The van der Waals surface area contributed by atoms with Crippen molar-refractivity contribution in [1.29, 1.82) is 0 Å².